The Morgan fingerprint density at radius 3 is 2.72 bits per heavy atom. The van der Waals surface area contributed by atoms with Crippen molar-refractivity contribution >= 4 is 11.8 Å². The Balaban J connectivity index is 1.80. The maximum Gasteiger partial charge on any atom is 0.140 e. The van der Waals surface area contributed by atoms with Gasteiger partial charge in [-0.15, -0.1) is 0 Å². The molecule has 0 unspecified atom stereocenters. The molecule has 1 fully saturated rings. The van der Waals surface area contributed by atoms with Crippen LogP contribution in [0, 0.1) is 10.7 Å². The van der Waals surface area contributed by atoms with Crippen LogP contribution in [0.1, 0.15) is 57.3 Å². The highest BCUT2D eigenvalue weighted by molar-refractivity contribution is 8.03. The molecule has 0 spiro atoms. The zero-order valence-corrected chi connectivity index (χ0v) is 15.9. The van der Waals surface area contributed by atoms with Crippen molar-refractivity contribution in [3.8, 4) is 5.40 Å². The van der Waals surface area contributed by atoms with Crippen molar-refractivity contribution in [1.82, 2.24) is 9.78 Å². The molecule has 2 atom stereocenters. The van der Waals surface area contributed by atoms with Crippen LogP contribution in [-0.4, -0.2) is 15.9 Å². The number of aromatic nitrogens is 2. The standard InChI is InChI=1S/C20H25N3OS/c1-20(2,3)18-12-19(25-14-21)22-23(18)16-10-7-11-17(16)24-13-15-8-5-4-6-9-15/h4-6,8-9,12,16-17H,7,10-11,13H2,1-3H3/t16-,17-/m0/s1. The fraction of sp³-hybridized carbons (Fsp3) is 0.500. The molecular weight excluding hydrogens is 330 g/mol. The molecule has 2 aromatic rings. The summed E-state index contributed by atoms with van der Waals surface area (Å²) in [6.07, 6.45) is 3.44. The van der Waals surface area contributed by atoms with E-state index in [0.29, 0.717) is 6.61 Å². The van der Waals surface area contributed by atoms with Crippen LogP contribution in [0.15, 0.2) is 41.4 Å². The SMILES string of the molecule is CC(C)(C)c1cc(SC#N)nn1[C@H]1CCC[C@@H]1OCc1ccccc1. The minimum atomic E-state index is -0.0200. The lowest BCUT2D eigenvalue weighted by Crippen LogP contribution is -2.28. The second-order valence-electron chi connectivity index (χ2n) is 7.59. The summed E-state index contributed by atoms with van der Waals surface area (Å²) in [5, 5.41) is 16.6. The van der Waals surface area contributed by atoms with Gasteiger partial charge in [-0.3, -0.25) is 4.68 Å². The second-order valence-corrected chi connectivity index (χ2v) is 8.39. The fourth-order valence-corrected chi connectivity index (χ4v) is 3.83. The first-order valence-corrected chi connectivity index (χ1v) is 9.62. The van der Waals surface area contributed by atoms with Gasteiger partial charge >= 0.3 is 0 Å². The van der Waals surface area contributed by atoms with Crippen LogP contribution in [0.25, 0.3) is 0 Å². The normalized spacial score (nSPS) is 20.6. The van der Waals surface area contributed by atoms with Crippen LogP contribution in [-0.2, 0) is 16.8 Å². The number of ether oxygens (including phenoxy) is 1. The Morgan fingerprint density at radius 2 is 2.04 bits per heavy atom. The number of thioether (sulfide) groups is 1. The molecule has 0 saturated heterocycles. The number of hydrogen-bond acceptors (Lipinski definition) is 4. The molecular formula is C20H25N3OS. The molecule has 3 rings (SSSR count). The number of nitriles is 1. The highest BCUT2D eigenvalue weighted by Crippen LogP contribution is 2.37. The highest BCUT2D eigenvalue weighted by atomic mass is 32.2. The minimum Gasteiger partial charge on any atom is -0.371 e. The van der Waals surface area contributed by atoms with E-state index in [9.17, 15) is 0 Å². The zero-order valence-electron chi connectivity index (χ0n) is 15.1. The quantitative estimate of drug-likeness (QED) is 0.555. The summed E-state index contributed by atoms with van der Waals surface area (Å²) in [6.45, 7) is 7.20. The third-order valence-electron chi connectivity index (χ3n) is 4.67. The first-order valence-electron chi connectivity index (χ1n) is 8.80. The second kappa shape index (κ2) is 7.63. The molecule has 1 heterocycles. The van der Waals surface area contributed by atoms with E-state index in [-0.39, 0.29) is 17.6 Å². The molecule has 1 aromatic carbocycles. The van der Waals surface area contributed by atoms with Gasteiger partial charge in [-0.25, -0.2) is 0 Å². The average molecular weight is 356 g/mol. The van der Waals surface area contributed by atoms with Crippen molar-refractivity contribution in [2.24, 2.45) is 0 Å². The molecule has 5 heteroatoms. The van der Waals surface area contributed by atoms with Gasteiger partial charge in [0.15, 0.2) is 0 Å². The van der Waals surface area contributed by atoms with E-state index in [1.165, 1.54) is 11.3 Å². The van der Waals surface area contributed by atoms with Crippen LogP contribution < -0.4 is 0 Å². The summed E-state index contributed by atoms with van der Waals surface area (Å²) in [4.78, 5) is 0. The number of rotatable bonds is 5. The number of hydrogen-bond donors (Lipinski definition) is 0. The lowest BCUT2D eigenvalue weighted by Gasteiger charge is -2.27. The molecule has 4 nitrogen and oxygen atoms in total. The number of benzene rings is 1. The van der Waals surface area contributed by atoms with E-state index in [1.807, 2.05) is 18.2 Å². The summed E-state index contributed by atoms with van der Waals surface area (Å²) in [6, 6.07) is 12.6. The molecule has 1 aliphatic rings. The topological polar surface area (TPSA) is 50.8 Å². The lowest BCUT2D eigenvalue weighted by molar-refractivity contribution is 0.0151. The van der Waals surface area contributed by atoms with Crippen LogP contribution in [0.5, 0.6) is 0 Å². The largest absolute Gasteiger partial charge is 0.371 e. The number of nitrogens with zero attached hydrogens (tertiary/aromatic N) is 3. The molecule has 0 amide bonds. The van der Waals surface area contributed by atoms with Crippen molar-refractivity contribution in [1.29, 1.82) is 5.26 Å². The molecule has 25 heavy (non-hydrogen) atoms. The molecule has 1 aromatic heterocycles. The molecule has 0 radical (unpaired) electrons. The summed E-state index contributed by atoms with van der Waals surface area (Å²) < 4.78 is 8.39. The van der Waals surface area contributed by atoms with E-state index in [4.69, 9.17) is 15.1 Å². The highest BCUT2D eigenvalue weighted by Gasteiger charge is 2.34. The van der Waals surface area contributed by atoms with Crippen LogP contribution in [0.2, 0.25) is 0 Å². The predicted octanol–water partition coefficient (Wildman–Crippen LogP) is 5.06. The van der Waals surface area contributed by atoms with Crippen LogP contribution in [0.3, 0.4) is 0 Å². The van der Waals surface area contributed by atoms with Gasteiger partial charge in [0.25, 0.3) is 0 Å². The van der Waals surface area contributed by atoms with E-state index < -0.39 is 0 Å². The van der Waals surface area contributed by atoms with Gasteiger partial charge in [-0.1, -0.05) is 51.1 Å². The average Bonchev–Trinajstić information content (AvgIpc) is 3.20. The number of thiocyanates is 1. The Bertz CT molecular complexity index is 743. The van der Waals surface area contributed by atoms with E-state index in [0.717, 1.165) is 36.1 Å². The maximum absolute atomic E-state index is 8.99. The lowest BCUT2D eigenvalue weighted by atomic mass is 9.91. The van der Waals surface area contributed by atoms with E-state index in [1.54, 1.807) is 0 Å². The Morgan fingerprint density at radius 1 is 1.28 bits per heavy atom. The third kappa shape index (κ3) is 4.26. The molecule has 132 valence electrons. The molecule has 0 aliphatic heterocycles. The van der Waals surface area contributed by atoms with Crippen molar-refractivity contribution in [3.63, 3.8) is 0 Å². The Labute approximate surface area is 154 Å². The van der Waals surface area contributed by atoms with Crippen LogP contribution >= 0.6 is 11.8 Å². The monoisotopic (exact) mass is 355 g/mol. The van der Waals surface area contributed by atoms with Crippen molar-refractivity contribution in [2.45, 2.75) is 69.2 Å². The summed E-state index contributed by atoms with van der Waals surface area (Å²) in [5.74, 6) is 0. The van der Waals surface area contributed by atoms with Gasteiger partial charge in [0.1, 0.15) is 10.4 Å². The van der Waals surface area contributed by atoms with E-state index in [2.05, 4.69) is 49.1 Å². The van der Waals surface area contributed by atoms with Gasteiger partial charge in [0, 0.05) is 22.9 Å². The molecule has 1 aliphatic carbocycles. The predicted molar refractivity (Wildman–Crippen MR) is 100 cm³/mol. The van der Waals surface area contributed by atoms with E-state index >= 15 is 0 Å². The fourth-order valence-electron chi connectivity index (χ4n) is 3.44. The Hall–Kier alpha value is -1.77. The Kier molecular flexibility index (Phi) is 5.51. The van der Waals surface area contributed by atoms with Gasteiger partial charge in [-0.05, 0) is 30.9 Å². The summed E-state index contributed by atoms with van der Waals surface area (Å²) in [5.41, 5.74) is 2.35. The van der Waals surface area contributed by atoms with Gasteiger partial charge in [-0.2, -0.15) is 10.4 Å². The van der Waals surface area contributed by atoms with Gasteiger partial charge < -0.3 is 4.74 Å². The van der Waals surface area contributed by atoms with Crippen molar-refractivity contribution < 1.29 is 4.74 Å². The molecule has 0 N–H and O–H groups in total. The third-order valence-corrected chi connectivity index (χ3v) is 5.17. The van der Waals surface area contributed by atoms with Gasteiger partial charge in [0.05, 0.1) is 18.8 Å². The van der Waals surface area contributed by atoms with Crippen LogP contribution in [0.4, 0.5) is 0 Å². The minimum absolute atomic E-state index is 0.0200. The molecule has 1 saturated carbocycles. The molecule has 0 bridgehead atoms. The van der Waals surface area contributed by atoms with Crippen molar-refractivity contribution in [2.75, 3.05) is 0 Å². The first-order chi connectivity index (χ1) is 12.0. The summed E-state index contributed by atoms with van der Waals surface area (Å²) in [7, 11) is 0. The summed E-state index contributed by atoms with van der Waals surface area (Å²) >= 11 is 1.13. The first kappa shape index (κ1) is 18.0. The maximum atomic E-state index is 8.99. The smallest absolute Gasteiger partial charge is 0.140 e. The zero-order chi connectivity index (χ0) is 17.9. The van der Waals surface area contributed by atoms with Gasteiger partial charge in [0.2, 0.25) is 0 Å². The van der Waals surface area contributed by atoms with Crippen molar-refractivity contribution in [3.05, 3.63) is 47.7 Å².